The van der Waals surface area contributed by atoms with Gasteiger partial charge in [0.05, 0.1) is 0 Å². The molecule has 0 aliphatic carbocycles. The van der Waals surface area contributed by atoms with Gasteiger partial charge in [-0.05, 0) is 26.2 Å². The molecule has 0 saturated heterocycles. The zero-order chi connectivity index (χ0) is 16.7. The van der Waals surface area contributed by atoms with E-state index in [1.54, 1.807) is 0 Å². The molecular weight excluding hydrogens is 288 g/mol. The van der Waals surface area contributed by atoms with Gasteiger partial charge in [0.25, 0.3) is 0 Å². The van der Waals surface area contributed by atoms with E-state index in [0.717, 1.165) is 46.2 Å². The number of hydrogen-bond acceptors (Lipinski definition) is 2. The maximum absolute atomic E-state index is 2.40. The van der Waals surface area contributed by atoms with Crippen LogP contribution in [0.15, 0.2) is 37.4 Å². The van der Waals surface area contributed by atoms with E-state index >= 15 is 0 Å². The highest BCUT2D eigenvalue weighted by molar-refractivity contribution is 4.67. The van der Waals surface area contributed by atoms with Crippen LogP contribution in [0.4, 0.5) is 0 Å². The first kappa shape index (κ1) is 17.7. The summed E-state index contributed by atoms with van der Waals surface area (Å²) in [6.45, 7) is 15.9. The quantitative estimate of drug-likeness (QED) is 0.609. The Morgan fingerprint density at radius 2 is 1.09 bits per heavy atom. The Kier molecular flexibility index (Phi) is 6.80. The van der Waals surface area contributed by atoms with Crippen molar-refractivity contribution in [2.45, 2.75) is 47.7 Å². The zero-order valence-corrected chi connectivity index (χ0v) is 15.1. The highest BCUT2D eigenvalue weighted by atomic mass is 15.3. The van der Waals surface area contributed by atoms with Crippen molar-refractivity contribution in [3.63, 3.8) is 0 Å². The molecular formula is C17H32N6+2. The van der Waals surface area contributed by atoms with Crippen molar-refractivity contribution in [3.8, 4) is 0 Å². The standard InChI is InChI=1S/C17H32N6/c1-5-18(6-2)13-20-9-11-22(15-20)17-23-12-10-21(16-23)14-19(7-3)8-4/h9-12,15-16H,5-8,13-14,17H2,1-4H3/q+2. The van der Waals surface area contributed by atoms with Crippen LogP contribution in [0.2, 0.25) is 0 Å². The summed E-state index contributed by atoms with van der Waals surface area (Å²) in [6, 6.07) is 0. The van der Waals surface area contributed by atoms with Crippen molar-refractivity contribution in [3.05, 3.63) is 37.4 Å². The van der Waals surface area contributed by atoms with Crippen molar-refractivity contribution < 1.29 is 9.13 Å². The van der Waals surface area contributed by atoms with Gasteiger partial charge in [0.1, 0.15) is 38.1 Å². The Morgan fingerprint density at radius 1 is 0.696 bits per heavy atom. The van der Waals surface area contributed by atoms with Gasteiger partial charge in [-0.3, -0.25) is 9.80 Å². The molecule has 2 aromatic rings. The Balaban J connectivity index is 1.92. The van der Waals surface area contributed by atoms with Crippen LogP contribution in [0.1, 0.15) is 27.7 Å². The van der Waals surface area contributed by atoms with Gasteiger partial charge >= 0.3 is 0 Å². The van der Waals surface area contributed by atoms with Crippen LogP contribution in [0.3, 0.4) is 0 Å². The average Bonchev–Trinajstić information content (AvgIpc) is 3.20. The third-order valence-electron chi connectivity index (χ3n) is 4.33. The SMILES string of the molecule is CCN(CC)Cn1cc[n+](C[n+]2ccn(CN(CC)CC)c2)c1. The molecule has 0 saturated carbocycles. The third kappa shape index (κ3) is 5.18. The number of hydrogen-bond donors (Lipinski definition) is 0. The van der Waals surface area contributed by atoms with Crippen molar-refractivity contribution >= 4 is 0 Å². The molecule has 0 N–H and O–H groups in total. The molecule has 23 heavy (non-hydrogen) atoms. The van der Waals surface area contributed by atoms with Crippen LogP contribution in [-0.2, 0) is 20.0 Å². The largest absolute Gasteiger partial charge is 0.268 e. The molecule has 2 heterocycles. The molecule has 0 unspecified atom stereocenters. The summed E-state index contributed by atoms with van der Waals surface area (Å²) >= 11 is 0. The van der Waals surface area contributed by atoms with Crippen molar-refractivity contribution in [2.75, 3.05) is 26.2 Å². The molecule has 2 rings (SSSR count). The highest BCUT2D eigenvalue weighted by Crippen LogP contribution is 1.94. The lowest BCUT2D eigenvalue weighted by Crippen LogP contribution is -2.49. The summed E-state index contributed by atoms with van der Waals surface area (Å²) in [6.07, 6.45) is 12.9. The lowest BCUT2D eigenvalue weighted by atomic mass is 10.5. The fourth-order valence-corrected chi connectivity index (χ4v) is 2.71. The van der Waals surface area contributed by atoms with Gasteiger partial charge in [-0.25, -0.2) is 9.13 Å². The molecule has 0 amide bonds. The van der Waals surface area contributed by atoms with E-state index in [9.17, 15) is 0 Å². The molecule has 0 spiro atoms. The van der Waals surface area contributed by atoms with E-state index < -0.39 is 0 Å². The summed E-state index contributed by atoms with van der Waals surface area (Å²) in [7, 11) is 0. The molecule has 6 nitrogen and oxygen atoms in total. The van der Waals surface area contributed by atoms with E-state index in [-0.39, 0.29) is 0 Å². The summed E-state index contributed by atoms with van der Waals surface area (Å²) in [5.74, 6) is 0. The van der Waals surface area contributed by atoms with E-state index in [4.69, 9.17) is 0 Å². The highest BCUT2D eigenvalue weighted by Gasteiger charge is 2.11. The summed E-state index contributed by atoms with van der Waals surface area (Å²) in [5, 5.41) is 0. The molecule has 0 fully saturated rings. The van der Waals surface area contributed by atoms with Gasteiger partial charge in [-0.1, -0.05) is 27.7 Å². The Hall–Kier alpha value is -1.66. The average molecular weight is 320 g/mol. The lowest BCUT2D eigenvalue weighted by Gasteiger charge is -2.14. The number of rotatable bonds is 10. The fraction of sp³-hybridized carbons (Fsp3) is 0.647. The van der Waals surface area contributed by atoms with Crippen LogP contribution in [-0.4, -0.2) is 45.1 Å². The smallest absolute Gasteiger partial charge is 0.248 e. The van der Waals surface area contributed by atoms with Crippen LogP contribution in [0, 0.1) is 0 Å². The van der Waals surface area contributed by atoms with Gasteiger partial charge in [-0.15, -0.1) is 0 Å². The maximum Gasteiger partial charge on any atom is 0.248 e. The molecule has 0 bridgehead atoms. The number of aromatic nitrogens is 4. The Bertz CT molecular complexity index is 515. The van der Waals surface area contributed by atoms with Gasteiger partial charge in [0.15, 0.2) is 0 Å². The monoisotopic (exact) mass is 320 g/mol. The number of nitrogens with zero attached hydrogens (tertiary/aromatic N) is 6. The van der Waals surface area contributed by atoms with Crippen LogP contribution in [0.25, 0.3) is 0 Å². The maximum atomic E-state index is 2.40. The van der Waals surface area contributed by atoms with E-state index in [0.29, 0.717) is 0 Å². The molecule has 0 aromatic carbocycles. The fourth-order valence-electron chi connectivity index (χ4n) is 2.71. The molecule has 2 aromatic heterocycles. The van der Waals surface area contributed by atoms with Crippen LogP contribution >= 0.6 is 0 Å². The van der Waals surface area contributed by atoms with Crippen LogP contribution in [0.5, 0.6) is 0 Å². The zero-order valence-electron chi connectivity index (χ0n) is 15.1. The molecule has 6 heteroatoms. The lowest BCUT2D eigenvalue weighted by molar-refractivity contribution is -0.912. The Labute approximate surface area is 140 Å². The molecule has 128 valence electrons. The second kappa shape index (κ2) is 8.84. The van der Waals surface area contributed by atoms with Crippen molar-refractivity contribution in [1.29, 1.82) is 0 Å². The van der Waals surface area contributed by atoms with E-state index in [2.05, 4.69) is 93.2 Å². The topological polar surface area (TPSA) is 24.1 Å². The second-order valence-corrected chi connectivity index (χ2v) is 5.91. The first-order chi connectivity index (χ1) is 11.2. The predicted molar refractivity (Wildman–Crippen MR) is 90.5 cm³/mol. The van der Waals surface area contributed by atoms with Crippen molar-refractivity contribution in [1.82, 2.24) is 18.9 Å². The summed E-state index contributed by atoms with van der Waals surface area (Å²) in [4.78, 5) is 4.80. The number of imidazole rings is 2. The molecule has 0 aliphatic heterocycles. The summed E-state index contributed by atoms with van der Waals surface area (Å²) < 4.78 is 8.90. The summed E-state index contributed by atoms with van der Waals surface area (Å²) in [5.41, 5.74) is 0. The van der Waals surface area contributed by atoms with Crippen LogP contribution < -0.4 is 9.13 Å². The molecule has 0 atom stereocenters. The van der Waals surface area contributed by atoms with Gasteiger partial charge in [0, 0.05) is 0 Å². The third-order valence-corrected chi connectivity index (χ3v) is 4.33. The normalized spacial score (nSPS) is 11.7. The Morgan fingerprint density at radius 3 is 1.43 bits per heavy atom. The minimum Gasteiger partial charge on any atom is -0.268 e. The predicted octanol–water partition coefficient (Wildman–Crippen LogP) is 0.969. The second-order valence-electron chi connectivity index (χ2n) is 5.91. The molecule has 0 radical (unpaired) electrons. The van der Waals surface area contributed by atoms with Gasteiger partial charge in [0.2, 0.25) is 19.3 Å². The first-order valence-electron chi connectivity index (χ1n) is 8.72. The minimum atomic E-state index is 0.844. The minimum absolute atomic E-state index is 0.844. The van der Waals surface area contributed by atoms with Crippen molar-refractivity contribution in [2.24, 2.45) is 0 Å². The van der Waals surface area contributed by atoms with Gasteiger partial charge < -0.3 is 0 Å². The van der Waals surface area contributed by atoms with Gasteiger partial charge in [-0.2, -0.15) is 9.13 Å². The van der Waals surface area contributed by atoms with E-state index in [1.165, 1.54) is 0 Å². The molecule has 0 aliphatic rings. The van der Waals surface area contributed by atoms with E-state index in [1.807, 2.05) is 0 Å². The first-order valence-corrected chi connectivity index (χ1v) is 8.72.